The van der Waals surface area contributed by atoms with Crippen molar-refractivity contribution in [2.45, 2.75) is 46.1 Å². The Labute approximate surface area is 145 Å². The van der Waals surface area contributed by atoms with E-state index in [0.29, 0.717) is 6.04 Å². The van der Waals surface area contributed by atoms with E-state index in [4.69, 9.17) is 4.42 Å². The molecule has 0 bridgehead atoms. The van der Waals surface area contributed by atoms with Crippen LogP contribution >= 0.6 is 0 Å². The molecule has 0 saturated carbocycles. The Morgan fingerprint density at radius 1 is 1.12 bits per heavy atom. The number of hydrogen-bond acceptors (Lipinski definition) is 4. The number of piperidine rings is 1. The molecule has 2 aliphatic heterocycles. The third-order valence-electron chi connectivity index (χ3n) is 5.49. The summed E-state index contributed by atoms with van der Waals surface area (Å²) in [5, 5.41) is 0. The lowest BCUT2D eigenvalue weighted by Gasteiger charge is -2.42. The molecule has 24 heavy (non-hydrogen) atoms. The number of rotatable bonds is 4. The van der Waals surface area contributed by atoms with Crippen LogP contribution in [0.5, 0.6) is 0 Å². The lowest BCUT2D eigenvalue weighted by Crippen LogP contribution is -2.54. The summed E-state index contributed by atoms with van der Waals surface area (Å²) in [5.74, 6) is 1.68. The zero-order valence-corrected chi connectivity index (χ0v) is 15.4. The smallest absolute Gasteiger partial charge is 0.257 e. The van der Waals surface area contributed by atoms with Crippen molar-refractivity contribution in [1.82, 2.24) is 14.7 Å². The van der Waals surface area contributed by atoms with Gasteiger partial charge in [0.1, 0.15) is 11.5 Å². The zero-order chi connectivity index (χ0) is 17.1. The molecule has 2 saturated heterocycles. The van der Waals surface area contributed by atoms with Gasteiger partial charge in [0.2, 0.25) is 0 Å². The Kier molecular flexibility index (Phi) is 5.61. The van der Waals surface area contributed by atoms with Gasteiger partial charge in [0.25, 0.3) is 5.91 Å². The van der Waals surface area contributed by atoms with Crippen molar-refractivity contribution < 1.29 is 9.21 Å². The van der Waals surface area contributed by atoms with E-state index in [1.54, 1.807) is 0 Å². The van der Waals surface area contributed by atoms with Crippen LogP contribution in [-0.2, 0) is 0 Å². The minimum Gasteiger partial charge on any atom is -0.466 e. The molecule has 1 amide bonds. The molecular formula is C19H31N3O2. The summed E-state index contributed by atoms with van der Waals surface area (Å²) in [5.41, 5.74) is 0.730. The van der Waals surface area contributed by atoms with E-state index in [1.807, 2.05) is 24.8 Å². The van der Waals surface area contributed by atoms with Crippen molar-refractivity contribution in [3.05, 3.63) is 23.2 Å². The Hall–Kier alpha value is -1.33. The lowest BCUT2D eigenvalue weighted by atomic mass is 10.0. The van der Waals surface area contributed by atoms with Gasteiger partial charge in [0, 0.05) is 32.2 Å². The highest BCUT2D eigenvalue weighted by Crippen LogP contribution is 2.21. The molecule has 3 rings (SSSR count). The molecule has 3 heterocycles. The fraction of sp³-hybridized carbons (Fsp3) is 0.737. The molecule has 2 aliphatic rings. The Balaban J connectivity index is 1.49. The van der Waals surface area contributed by atoms with Gasteiger partial charge < -0.3 is 14.2 Å². The third kappa shape index (κ3) is 3.83. The van der Waals surface area contributed by atoms with Crippen LogP contribution in [0.25, 0.3) is 0 Å². The van der Waals surface area contributed by atoms with Gasteiger partial charge >= 0.3 is 0 Å². The first-order chi connectivity index (χ1) is 11.6. The van der Waals surface area contributed by atoms with Crippen molar-refractivity contribution in [3.8, 4) is 0 Å². The summed E-state index contributed by atoms with van der Waals surface area (Å²) >= 11 is 0. The van der Waals surface area contributed by atoms with Crippen molar-refractivity contribution in [2.75, 3.05) is 45.8 Å². The first kappa shape index (κ1) is 17.5. The number of carbonyl (C=O) groups is 1. The van der Waals surface area contributed by atoms with Crippen LogP contribution < -0.4 is 0 Å². The molecule has 134 valence electrons. The summed E-state index contributed by atoms with van der Waals surface area (Å²) in [6.45, 7) is 13.4. The predicted molar refractivity (Wildman–Crippen MR) is 95.4 cm³/mol. The maximum absolute atomic E-state index is 12.7. The summed E-state index contributed by atoms with van der Waals surface area (Å²) in [6.07, 6.45) is 3.79. The highest BCUT2D eigenvalue weighted by molar-refractivity contribution is 5.95. The molecule has 1 aromatic rings. The molecule has 1 aromatic heterocycles. The average Bonchev–Trinajstić information content (AvgIpc) is 2.94. The SMILES string of the molecule is CCCN1CCC(N2CCN(C(=O)c3cc(C)oc3C)CC2)CC1. The minimum absolute atomic E-state index is 0.127. The van der Waals surface area contributed by atoms with Crippen LogP contribution in [0.15, 0.2) is 10.5 Å². The summed E-state index contributed by atoms with van der Waals surface area (Å²) in [4.78, 5) is 19.8. The quantitative estimate of drug-likeness (QED) is 0.849. The number of nitrogens with zero attached hydrogens (tertiary/aromatic N) is 3. The number of piperazine rings is 1. The molecule has 5 nitrogen and oxygen atoms in total. The molecule has 5 heteroatoms. The van der Waals surface area contributed by atoms with Crippen LogP contribution in [0.3, 0.4) is 0 Å². The fourth-order valence-electron chi connectivity index (χ4n) is 4.13. The Morgan fingerprint density at radius 3 is 2.33 bits per heavy atom. The number of amides is 1. The normalized spacial score (nSPS) is 21.4. The molecule has 0 unspecified atom stereocenters. The van der Waals surface area contributed by atoms with E-state index >= 15 is 0 Å². The van der Waals surface area contributed by atoms with Gasteiger partial charge in [-0.3, -0.25) is 9.69 Å². The molecule has 0 atom stereocenters. The van der Waals surface area contributed by atoms with Gasteiger partial charge in [0.15, 0.2) is 0 Å². The molecule has 0 spiro atoms. The van der Waals surface area contributed by atoms with Gasteiger partial charge in [-0.05, 0) is 58.8 Å². The van der Waals surface area contributed by atoms with Gasteiger partial charge in [-0.2, -0.15) is 0 Å². The van der Waals surface area contributed by atoms with E-state index in [2.05, 4.69) is 16.7 Å². The summed E-state index contributed by atoms with van der Waals surface area (Å²) < 4.78 is 5.51. The first-order valence-electron chi connectivity index (χ1n) is 9.41. The molecule has 2 fully saturated rings. The first-order valence-corrected chi connectivity index (χ1v) is 9.41. The van der Waals surface area contributed by atoms with E-state index in [1.165, 1.54) is 38.9 Å². The van der Waals surface area contributed by atoms with Crippen LogP contribution in [0.2, 0.25) is 0 Å². The fourth-order valence-corrected chi connectivity index (χ4v) is 4.13. The highest BCUT2D eigenvalue weighted by Gasteiger charge is 2.29. The van der Waals surface area contributed by atoms with E-state index in [9.17, 15) is 4.79 Å². The van der Waals surface area contributed by atoms with E-state index in [0.717, 1.165) is 43.3 Å². The summed E-state index contributed by atoms with van der Waals surface area (Å²) in [6, 6.07) is 2.57. The number of aryl methyl sites for hydroxylation is 2. The second-order valence-electron chi connectivity index (χ2n) is 7.23. The number of hydrogen-bond donors (Lipinski definition) is 0. The summed E-state index contributed by atoms with van der Waals surface area (Å²) in [7, 11) is 0. The molecule has 0 N–H and O–H groups in total. The maximum atomic E-state index is 12.7. The largest absolute Gasteiger partial charge is 0.466 e. The highest BCUT2D eigenvalue weighted by atomic mass is 16.3. The number of likely N-dealkylation sites (tertiary alicyclic amines) is 1. The second-order valence-corrected chi connectivity index (χ2v) is 7.23. The zero-order valence-electron chi connectivity index (χ0n) is 15.4. The molecule has 0 aliphatic carbocycles. The second kappa shape index (κ2) is 7.70. The number of carbonyl (C=O) groups excluding carboxylic acids is 1. The molecular weight excluding hydrogens is 302 g/mol. The molecule has 0 aromatic carbocycles. The minimum atomic E-state index is 0.127. The van der Waals surface area contributed by atoms with Crippen LogP contribution in [-0.4, -0.2) is 72.5 Å². The average molecular weight is 333 g/mol. The van der Waals surface area contributed by atoms with Gasteiger partial charge in [0.05, 0.1) is 5.56 Å². The molecule has 0 radical (unpaired) electrons. The standard InChI is InChI=1S/C19H31N3O2/c1-4-7-20-8-5-17(6-9-20)21-10-12-22(13-11-21)19(23)18-14-15(2)24-16(18)3/h14,17H,4-13H2,1-3H3. The predicted octanol–water partition coefficient (Wildman–Crippen LogP) is 2.53. The van der Waals surface area contributed by atoms with Gasteiger partial charge in [-0.25, -0.2) is 0 Å². The van der Waals surface area contributed by atoms with Gasteiger partial charge in [-0.15, -0.1) is 0 Å². The van der Waals surface area contributed by atoms with Crippen molar-refractivity contribution in [1.29, 1.82) is 0 Å². The monoisotopic (exact) mass is 333 g/mol. The lowest BCUT2D eigenvalue weighted by molar-refractivity contribution is 0.0452. The van der Waals surface area contributed by atoms with E-state index < -0.39 is 0 Å². The maximum Gasteiger partial charge on any atom is 0.257 e. The van der Waals surface area contributed by atoms with Crippen molar-refractivity contribution in [2.24, 2.45) is 0 Å². The van der Waals surface area contributed by atoms with Crippen LogP contribution in [0, 0.1) is 13.8 Å². The van der Waals surface area contributed by atoms with Gasteiger partial charge in [-0.1, -0.05) is 6.92 Å². The van der Waals surface area contributed by atoms with Crippen molar-refractivity contribution >= 4 is 5.91 Å². The van der Waals surface area contributed by atoms with Crippen molar-refractivity contribution in [3.63, 3.8) is 0 Å². The Bertz CT molecular complexity index is 553. The van der Waals surface area contributed by atoms with E-state index in [-0.39, 0.29) is 5.91 Å². The topological polar surface area (TPSA) is 39.9 Å². The van der Waals surface area contributed by atoms with Crippen LogP contribution in [0.4, 0.5) is 0 Å². The van der Waals surface area contributed by atoms with Crippen LogP contribution in [0.1, 0.15) is 48.1 Å². The Morgan fingerprint density at radius 2 is 1.79 bits per heavy atom. The number of furan rings is 1. The third-order valence-corrected chi connectivity index (χ3v) is 5.49.